The summed E-state index contributed by atoms with van der Waals surface area (Å²) in [5.41, 5.74) is -0.391. The van der Waals surface area contributed by atoms with Crippen molar-refractivity contribution in [3.63, 3.8) is 0 Å². The number of hydrogen-bond acceptors (Lipinski definition) is 3. The molecule has 0 saturated heterocycles. The van der Waals surface area contributed by atoms with Gasteiger partial charge in [0.15, 0.2) is 14.6 Å². The fraction of sp³-hybridized carbons (Fsp3) is 0.188. The number of nitrogens with one attached hydrogen (secondary N) is 1. The molecule has 0 heterocycles. The Bertz CT molecular complexity index is 909. The van der Waals surface area contributed by atoms with Crippen molar-refractivity contribution in [2.24, 2.45) is 0 Å². The standard InChI is InChI=1S/C16H12ClF2NO3S/c17-10-1-4-12(5-2-10)24(22,23)16(7-8-16)15(21)20-14-9-11(18)3-6-13(14)19/h1-6,9H,7-8H2,(H,20,21). The number of halogens is 3. The van der Waals surface area contributed by atoms with Crippen LogP contribution in [0.3, 0.4) is 0 Å². The Balaban J connectivity index is 1.91. The summed E-state index contributed by atoms with van der Waals surface area (Å²) in [6, 6.07) is 8.02. The maximum atomic E-state index is 13.7. The zero-order chi connectivity index (χ0) is 17.5. The highest BCUT2D eigenvalue weighted by atomic mass is 35.5. The van der Waals surface area contributed by atoms with Crippen molar-refractivity contribution in [3.8, 4) is 0 Å². The summed E-state index contributed by atoms with van der Waals surface area (Å²) < 4.78 is 50.7. The zero-order valence-corrected chi connectivity index (χ0v) is 13.8. The minimum Gasteiger partial charge on any atom is -0.322 e. The van der Waals surface area contributed by atoms with E-state index < -0.39 is 37.8 Å². The van der Waals surface area contributed by atoms with Gasteiger partial charge in [-0.05, 0) is 49.2 Å². The van der Waals surface area contributed by atoms with Gasteiger partial charge in [0.25, 0.3) is 0 Å². The third-order valence-electron chi connectivity index (χ3n) is 3.93. The van der Waals surface area contributed by atoms with E-state index in [1.54, 1.807) is 0 Å². The molecule has 2 aromatic rings. The lowest BCUT2D eigenvalue weighted by Crippen LogP contribution is -2.37. The molecule has 0 bridgehead atoms. The highest BCUT2D eigenvalue weighted by Gasteiger charge is 2.61. The fourth-order valence-corrected chi connectivity index (χ4v) is 4.41. The smallest absolute Gasteiger partial charge is 0.246 e. The Labute approximate surface area is 142 Å². The van der Waals surface area contributed by atoms with Crippen molar-refractivity contribution in [1.29, 1.82) is 0 Å². The van der Waals surface area contributed by atoms with Gasteiger partial charge in [-0.15, -0.1) is 0 Å². The molecular weight excluding hydrogens is 360 g/mol. The Morgan fingerprint density at radius 3 is 2.29 bits per heavy atom. The summed E-state index contributed by atoms with van der Waals surface area (Å²) in [6.45, 7) is 0. The van der Waals surface area contributed by atoms with Gasteiger partial charge in [0, 0.05) is 11.1 Å². The van der Waals surface area contributed by atoms with Gasteiger partial charge in [0.2, 0.25) is 5.91 Å². The zero-order valence-electron chi connectivity index (χ0n) is 12.2. The lowest BCUT2D eigenvalue weighted by atomic mass is 10.2. The van der Waals surface area contributed by atoms with Gasteiger partial charge in [-0.2, -0.15) is 0 Å². The first-order valence-electron chi connectivity index (χ1n) is 7.03. The van der Waals surface area contributed by atoms with Crippen molar-refractivity contribution in [2.45, 2.75) is 22.5 Å². The molecule has 3 rings (SSSR count). The van der Waals surface area contributed by atoms with Crippen LogP contribution in [-0.4, -0.2) is 19.1 Å². The predicted octanol–water partition coefficient (Wildman–Crippen LogP) is 3.56. The number of hydrogen-bond donors (Lipinski definition) is 1. The van der Waals surface area contributed by atoms with Crippen LogP contribution in [0.25, 0.3) is 0 Å². The number of anilines is 1. The van der Waals surface area contributed by atoms with Crippen molar-refractivity contribution >= 4 is 33.0 Å². The second kappa shape index (κ2) is 5.82. The first kappa shape index (κ1) is 16.9. The van der Waals surface area contributed by atoms with E-state index in [1.807, 2.05) is 0 Å². The Morgan fingerprint density at radius 1 is 1.08 bits per heavy atom. The minimum atomic E-state index is -3.97. The molecule has 1 amide bonds. The first-order valence-corrected chi connectivity index (χ1v) is 8.89. The van der Waals surface area contributed by atoms with Crippen LogP contribution in [0.1, 0.15) is 12.8 Å². The van der Waals surface area contributed by atoms with Gasteiger partial charge in [0.1, 0.15) is 11.6 Å². The van der Waals surface area contributed by atoms with E-state index in [2.05, 4.69) is 5.32 Å². The van der Waals surface area contributed by atoms with Crippen LogP contribution >= 0.6 is 11.6 Å². The van der Waals surface area contributed by atoms with E-state index >= 15 is 0 Å². The Hall–Kier alpha value is -1.99. The third kappa shape index (κ3) is 2.78. The maximum absolute atomic E-state index is 13.7. The molecule has 0 aliphatic heterocycles. The summed E-state index contributed by atoms with van der Waals surface area (Å²) in [4.78, 5) is 12.4. The highest BCUT2D eigenvalue weighted by Crippen LogP contribution is 2.47. The topological polar surface area (TPSA) is 63.2 Å². The summed E-state index contributed by atoms with van der Waals surface area (Å²) in [7, 11) is -3.97. The maximum Gasteiger partial charge on any atom is 0.246 e. The highest BCUT2D eigenvalue weighted by molar-refractivity contribution is 7.94. The lowest BCUT2D eigenvalue weighted by molar-refractivity contribution is -0.116. The molecule has 0 radical (unpaired) electrons. The quantitative estimate of drug-likeness (QED) is 0.893. The van der Waals surface area contributed by atoms with E-state index in [-0.39, 0.29) is 17.7 Å². The molecular formula is C16H12ClF2NO3S. The fourth-order valence-electron chi connectivity index (χ4n) is 2.40. The molecule has 1 saturated carbocycles. The number of rotatable bonds is 4. The first-order chi connectivity index (χ1) is 11.3. The summed E-state index contributed by atoms with van der Waals surface area (Å²) in [6.07, 6.45) is 0.224. The molecule has 4 nitrogen and oxygen atoms in total. The van der Waals surface area contributed by atoms with Crippen molar-refractivity contribution in [3.05, 3.63) is 59.1 Å². The largest absolute Gasteiger partial charge is 0.322 e. The number of carbonyl (C=O) groups is 1. The average molecular weight is 372 g/mol. The van der Waals surface area contributed by atoms with Crippen LogP contribution in [0.4, 0.5) is 14.5 Å². The monoisotopic (exact) mass is 371 g/mol. The van der Waals surface area contributed by atoms with Gasteiger partial charge in [-0.1, -0.05) is 11.6 Å². The van der Waals surface area contributed by atoms with Crippen LogP contribution in [0.15, 0.2) is 47.4 Å². The molecule has 0 unspecified atom stereocenters. The number of amides is 1. The van der Waals surface area contributed by atoms with E-state index in [4.69, 9.17) is 11.6 Å². The van der Waals surface area contributed by atoms with Crippen LogP contribution in [-0.2, 0) is 14.6 Å². The summed E-state index contributed by atoms with van der Waals surface area (Å²) in [5, 5.41) is 2.55. The van der Waals surface area contributed by atoms with Crippen LogP contribution in [0.2, 0.25) is 5.02 Å². The van der Waals surface area contributed by atoms with E-state index in [9.17, 15) is 22.0 Å². The van der Waals surface area contributed by atoms with Gasteiger partial charge in [0.05, 0.1) is 10.6 Å². The van der Waals surface area contributed by atoms with Gasteiger partial charge >= 0.3 is 0 Å². The normalized spacial score (nSPS) is 15.8. The SMILES string of the molecule is O=C(Nc1cc(F)ccc1F)C1(S(=O)(=O)c2ccc(Cl)cc2)CC1. The second-order valence-corrected chi connectivity index (χ2v) is 8.23. The Kier molecular flexibility index (Phi) is 4.09. The van der Waals surface area contributed by atoms with Crippen LogP contribution in [0.5, 0.6) is 0 Å². The molecule has 1 aliphatic carbocycles. The van der Waals surface area contributed by atoms with Crippen LogP contribution < -0.4 is 5.32 Å². The molecule has 0 spiro atoms. The Morgan fingerprint density at radius 2 is 1.71 bits per heavy atom. The summed E-state index contributed by atoms with van der Waals surface area (Å²) in [5.74, 6) is -2.46. The third-order valence-corrected chi connectivity index (χ3v) is 6.70. The molecule has 1 aliphatic rings. The lowest BCUT2D eigenvalue weighted by Gasteiger charge is -2.17. The van der Waals surface area contributed by atoms with Crippen molar-refractivity contribution in [2.75, 3.05) is 5.32 Å². The molecule has 126 valence electrons. The average Bonchev–Trinajstić information content (AvgIpc) is 3.33. The van der Waals surface area contributed by atoms with E-state index in [1.165, 1.54) is 24.3 Å². The van der Waals surface area contributed by atoms with E-state index in [0.29, 0.717) is 5.02 Å². The molecule has 0 aromatic heterocycles. The number of carbonyl (C=O) groups excluding carboxylic acids is 1. The second-order valence-electron chi connectivity index (χ2n) is 5.53. The van der Waals surface area contributed by atoms with Gasteiger partial charge < -0.3 is 5.32 Å². The molecule has 1 N–H and O–H groups in total. The molecule has 1 fully saturated rings. The molecule has 8 heteroatoms. The molecule has 0 atom stereocenters. The molecule has 2 aromatic carbocycles. The number of benzene rings is 2. The predicted molar refractivity (Wildman–Crippen MR) is 85.6 cm³/mol. The summed E-state index contributed by atoms with van der Waals surface area (Å²) >= 11 is 5.74. The number of sulfone groups is 1. The molecule has 24 heavy (non-hydrogen) atoms. The minimum absolute atomic E-state index is 0.0423. The van der Waals surface area contributed by atoms with Crippen molar-refractivity contribution in [1.82, 2.24) is 0 Å². The van der Waals surface area contributed by atoms with Gasteiger partial charge in [-0.25, -0.2) is 17.2 Å². The van der Waals surface area contributed by atoms with Gasteiger partial charge in [-0.3, -0.25) is 4.79 Å². The van der Waals surface area contributed by atoms with Crippen LogP contribution in [0, 0.1) is 11.6 Å². The van der Waals surface area contributed by atoms with Crippen molar-refractivity contribution < 1.29 is 22.0 Å². The van der Waals surface area contributed by atoms with E-state index in [0.717, 1.165) is 18.2 Å².